The average Bonchev–Trinajstić information content (AvgIpc) is 2.80. The van der Waals surface area contributed by atoms with Crippen LogP contribution < -0.4 is 10.1 Å². The van der Waals surface area contributed by atoms with Crippen molar-refractivity contribution >= 4 is 11.5 Å². The standard InChI is InChI=1S/C24H18N4O/c1-29-20-14-12-19(13-15-20)26-24-21(16-25)22(17-8-4-2-5-9-17)27-23(28-24)18-10-6-3-7-11-18/h2-15H,1H3,(H,26,27,28). The summed E-state index contributed by atoms with van der Waals surface area (Å²) in [5.74, 6) is 1.78. The van der Waals surface area contributed by atoms with Gasteiger partial charge in [0.1, 0.15) is 17.4 Å². The van der Waals surface area contributed by atoms with Gasteiger partial charge in [0.15, 0.2) is 11.6 Å². The van der Waals surface area contributed by atoms with Crippen LogP contribution in [0, 0.1) is 11.3 Å². The Morgan fingerprint density at radius 1 is 0.793 bits per heavy atom. The summed E-state index contributed by atoms with van der Waals surface area (Å²) in [6.45, 7) is 0. The molecule has 3 aromatic carbocycles. The fourth-order valence-corrected chi connectivity index (χ4v) is 2.99. The third-order valence-electron chi connectivity index (χ3n) is 4.45. The Balaban J connectivity index is 1.87. The van der Waals surface area contributed by atoms with Crippen molar-refractivity contribution < 1.29 is 4.74 Å². The van der Waals surface area contributed by atoms with Crippen LogP contribution in [0.4, 0.5) is 11.5 Å². The van der Waals surface area contributed by atoms with E-state index in [9.17, 15) is 5.26 Å². The van der Waals surface area contributed by atoms with Gasteiger partial charge in [-0.3, -0.25) is 0 Å². The highest BCUT2D eigenvalue weighted by Gasteiger charge is 2.17. The molecule has 0 amide bonds. The Kier molecular flexibility index (Phi) is 5.17. The molecule has 5 heteroatoms. The molecule has 1 aromatic heterocycles. The number of nitrogens with zero attached hydrogens (tertiary/aromatic N) is 3. The molecule has 4 rings (SSSR count). The predicted octanol–water partition coefficient (Wildman–Crippen LogP) is 5.43. The van der Waals surface area contributed by atoms with Crippen molar-refractivity contribution in [2.75, 3.05) is 12.4 Å². The van der Waals surface area contributed by atoms with Gasteiger partial charge in [-0.25, -0.2) is 9.97 Å². The largest absolute Gasteiger partial charge is 0.497 e. The number of nitriles is 1. The van der Waals surface area contributed by atoms with Crippen molar-refractivity contribution in [3.63, 3.8) is 0 Å². The monoisotopic (exact) mass is 378 g/mol. The lowest BCUT2D eigenvalue weighted by atomic mass is 10.1. The van der Waals surface area contributed by atoms with Crippen molar-refractivity contribution in [1.29, 1.82) is 5.26 Å². The molecule has 4 aromatic rings. The van der Waals surface area contributed by atoms with E-state index in [1.54, 1.807) is 7.11 Å². The third kappa shape index (κ3) is 3.92. The first-order chi connectivity index (χ1) is 14.3. The molecule has 0 atom stereocenters. The number of ether oxygens (including phenoxy) is 1. The molecule has 0 aliphatic rings. The topological polar surface area (TPSA) is 70.8 Å². The highest BCUT2D eigenvalue weighted by molar-refractivity contribution is 5.78. The first-order valence-electron chi connectivity index (χ1n) is 9.12. The van der Waals surface area contributed by atoms with E-state index in [1.165, 1.54) is 0 Å². The lowest BCUT2D eigenvalue weighted by Crippen LogP contribution is -2.04. The number of methoxy groups -OCH3 is 1. The van der Waals surface area contributed by atoms with E-state index in [2.05, 4.69) is 16.4 Å². The summed E-state index contributed by atoms with van der Waals surface area (Å²) in [6, 6.07) is 29.1. The van der Waals surface area contributed by atoms with Gasteiger partial charge in [-0.05, 0) is 24.3 Å². The van der Waals surface area contributed by atoms with Crippen LogP contribution in [0.3, 0.4) is 0 Å². The minimum Gasteiger partial charge on any atom is -0.497 e. The van der Waals surface area contributed by atoms with Crippen LogP contribution in [-0.4, -0.2) is 17.1 Å². The molecule has 29 heavy (non-hydrogen) atoms. The van der Waals surface area contributed by atoms with E-state index in [1.807, 2.05) is 84.9 Å². The Hall–Kier alpha value is -4.17. The van der Waals surface area contributed by atoms with E-state index in [4.69, 9.17) is 9.72 Å². The van der Waals surface area contributed by atoms with Crippen LogP contribution in [0.2, 0.25) is 0 Å². The molecule has 140 valence electrons. The maximum atomic E-state index is 9.89. The summed E-state index contributed by atoms with van der Waals surface area (Å²) in [7, 11) is 1.62. The van der Waals surface area contributed by atoms with Crippen LogP contribution in [0.5, 0.6) is 5.75 Å². The lowest BCUT2D eigenvalue weighted by Gasteiger charge is -2.13. The zero-order valence-electron chi connectivity index (χ0n) is 15.8. The van der Waals surface area contributed by atoms with Crippen molar-refractivity contribution in [3.05, 3.63) is 90.5 Å². The molecule has 0 aliphatic heterocycles. The van der Waals surface area contributed by atoms with Gasteiger partial charge in [0, 0.05) is 16.8 Å². The highest BCUT2D eigenvalue weighted by atomic mass is 16.5. The second-order valence-corrected chi connectivity index (χ2v) is 6.32. The summed E-state index contributed by atoms with van der Waals surface area (Å²) in [4.78, 5) is 9.38. The maximum absolute atomic E-state index is 9.89. The van der Waals surface area contributed by atoms with E-state index >= 15 is 0 Å². The highest BCUT2D eigenvalue weighted by Crippen LogP contribution is 2.31. The molecule has 5 nitrogen and oxygen atoms in total. The van der Waals surface area contributed by atoms with Gasteiger partial charge >= 0.3 is 0 Å². The number of benzene rings is 3. The quantitative estimate of drug-likeness (QED) is 0.501. The van der Waals surface area contributed by atoms with Crippen molar-refractivity contribution in [1.82, 2.24) is 9.97 Å². The summed E-state index contributed by atoms with van der Waals surface area (Å²) in [5, 5.41) is 13.2. The van der Waals surface area contributed by atoms with Gasteiger partial charge < -0.3 is 10.1 Å². The fourth-order valence-electron chi connectivity index (χ4n) is 2.99. The minimum atomic E-state index is 0.395. The fraction of sp³-hybridized carbons (Fsp3) is 0.0417. The zero-order chi connectivity index (χ0) is 20.1. The van der Waals surface area contributed by atoms with Gasteiger partial charge in [0.05, 0.1) is 12.8 Å². The normalized spacial score (nSPS) is 10.2. The van der Waals surface area contributed by atoms with Crippen LogP contribution in [0.25, 0.3) is 22.6 Å². The van der Waals surface area contributed by atoms with E-state index < -0.39 is 0 Å². The zero-order valence-corrected chi connectivity index (χ0v) is 15.8. The first-order valence-corrected chi connectivity index (χ1v) is 9.12. The summed E-state index contributed by atoms with van der Waals surface area (Å²) >= 11 is 0. The van der Waals surface area contributed by atoms with Crippen molar-refractivity contribution in [2.45, 2.75) is 0 Å². The Morgan fingerprint density at radius 3 is 2.00 bits per heavy atom. The molecular formula is C24H18N4O. The van der Waals surface area contributed by atoms with Crippen LogP contribution in [0.1, 0.15) is 5.56 Å². The molecule has 0 saturated heterocycles. The number of aromatic nitrogens is 2. The Labute approximate surface area is 169 Å². The second-order valence-electron chi connectivity index (χ2n) is 6.32. The number of hydrogen-bond acceptors (Lipinski definition) is 5. The second kappa shape index (κ2) is 8.24. The van der Waals surface area contributed by atoms with E-state index in [0.717, 1.165) is 22.6 Å². The van der Waals surface area contributed by atoms with Gasteiger partial charge in [-0.2, -0.15) is 5.26 Å². The summed E-state index contributed by atoms with van der Waals surface area (Å²) < 4.78 is 5.21. The first kappa shape index (κ1) is 18.2. The molecule has 0 bridgehead atoms. The van der Waals surface area contributed by atoms with Gasteiger partial charge in [-0.15, -0.1) is 0 Å². The predicted molar refractivity (Wildman–Crippen MR) is 114 cm³/mol. The van der Waals surface area contributed by atoms with Gasteiger partial charge in [-0.1, -0.05) is 60.7 Å². The third-order valence-corrected chi connectivity index (χ3v) is 4.45. The molecule has 0 unspecified atom stereocenters. The molecule has 0 spiro atoms. The molecule has 0 saturated carbocycles. The van der Waals surface area contributed by atoms with Gasteiger partial charge in [0.25, 0.3) is 0 Å². The SMILES string of the molecule is COc1ccc(Nc2nc(-c3ccccc3)nc(-c3ccccc3)c2C#N)cc1. The van der Waals surface area contributed by atoms with Crippen LogP contribution in [-0.2, 0) is 0 Å². The van der Waals surface area contributed by atoms with Crippen molar-refractivity contribution in [2.24, 2.45) is 0 Å². The van der Waals surface area contributed by atoms with Crippen molar-refractivity contribution in [3.8, 4) is 34.5 Å². The lowest BCUT2D eigenvalue weighted by molar-refractivity contribution is 0.415. The number of nitrogens with one attached hydrogen (secondary N) is 1. The van der Waals surface area contributed by atoms with E-state index in [0.29, 0.717) is 22.9 Å². The summed E-state index contributed by atoms with van der Waals surface area (Å²) in [5.41, 5.74) is 3.54. The minimum absolute atomic E-state index is 0.395. The number of rotatable bonds is 5. The van der Waals surface area contributed by atoms with Crippen LogP contribution >= 0.6 is 0 Å². The molecule has 1 heterocycles. The molecular weight excluding hydrogens is 360 g/mol. The molecule has 0 radical (unpaired) electrons. The van der Waals surface area contributed by atoms with Gasteiger partial charge in [0.2, 0.25) is 0 Å². The Bertz CT molecular complexity index is 1150. The van der Waals surface area contributed by atoms with Crippen LogP contribution in [0.15, 0.2) is 84.9 Å². The molecule has 1 N–H and O–H groups in total. The Morgan fingerprint density at radius 2 is 1.41 bits per heavy atom. The number of hydrogen-bond donors (Lipinski definition) is 1. The molecule has 0 aliphatic carbocycles. The van der Waals surface area contributed by atoms with E-state index in [-0.39, 0.29) is 0 Å². The summed E-state index contributed by atoms with van der Waals surface area (Å²) in [6.07, 6.45) is 0. The maximum Gasteiger partial charge on any atom is 0.162 e. The molecule has 0 fully saturated rings. The smallest absolute Gasteiger partial charge is 0.162 e. The average molecular weight is 378 g/mol. The number of anilines is 2.